The van der Waals surface area contributed by atoms with Crippen LogP contribution in [0.15, 0.2) is 78.9 Å². The van der Waals surface area contributed by atoms with Crippen LogP contribution in [0, 0.1) is 0 Å². The van der Waals surface area contributed by atoms with Gasteiger partial charge in [-0.25, -0.2) is 0 Å². The van der Waals surface area contributed by atoms with Crippen molar-refractivity contribution in [3.05, 3.63) is 78.9 Å². The average molecular weight is 277 g/mol. The monoisotopic (exact) mass is 277 g/mol. The minimum atomic E-state index is 0.592. The maximum Gasteiger partial charge on any atom is 0.133 e. The summed E-state index contributed by atoms with van der Waals surface area (Å²) < 4.78 is 11.6. The van der Waals surface area contributed by atoms with E-state index in [1.807, 2.05) is 66.7 Å². The predicted octanol–water partition coefficient (Wildman–Crippen LogP) is 4.85. The van der Waals surface area contributed by atoms with Gasteiger partial charge in [-0.3, -0.25) is 0 Å². The maximum atomic E-state index is 5.91. The molecule has 0 aliphatic heterocycles. The molecule has 3 aromatic rings. The molecule has 0 radical (unpaired) electrons. The number of hydrogen-bond donors (Lipinski definition) is 1. The lowest BCUT2D eigenvalue weighted by Crippen LogP contribution is -1.91. The minimum Gasteiger partial charge on any atom is -0.457 e. The van der Waals surface area contributed by atoms with Crippen LogP contribution in [0.2, 0.25) is 0 Å². The molecular weight excluding hydrogens is 262 g/mol. The summed E-state index contributed by atoms with van der Waals surface area (Å²) in [5.74, 6) is 2.81. The number of rotatable bonds is 4. The standard InChI is InChI=1S/C18H15NO2/c19-14-11-17(20-15-7-3-1-4-8-15)13-18(12-14)21-16-9-5-2-6-10-16/h1-13H,19H2. The molecule has 0 saturated carbocycles. The molecular formula is C18H15NO2. The summed E-state index contributed by atoms with van der Waals surface area (Å²) in [6, 6.07) is 24.5. The van der Waals surface area contributed by atoms with Gasteiger partial charge in [-0.15, -0.1) is 0 Å². The molecule has 104 valence electrons. The molecule has 0 heterocycles. The quantitative estimate of drug-likeness (QED) is 0.693. The highest BCUT2D eigenvalue weighted by Gasteiger charge is 2.04. The molecule has 0 spiro atoms. The summed E-state index contributed by atoms with van der Waals surface area (Å²) in [6.45, 7) is 0. The molecule has 0 aromatic heterocycles. The van der Waals surface area contributed by atoms with Crippen LogP contribution >= 0.6 is 0 Å². The summed E-state index contributed by atoms with van der Waals surface area (Å²) in [6.07, 6.45) is 0. The normalized spacial score (nSPS) is 10.1. The van der Waals surface area contributed by atoms with E-state index in [-0.39, 0.29) is 0 Å². The van der Waals surface area contributed by atoms with Crippen molar-refractivity contribution in [3.63, 3.8) is 0 Å². The van der Waals surface area contributed by atoms with Gasteiger partial charge in [0.05, 0.1) is 0 Å². The molecule has 3 aromatic carbocycles. The summed E-state index contributed by atoms with van der Waals surface area (Å²) in [5.41, 5.74) is 6.50. The Morgan fingerprint density at radius 1 is 0.524 bits per heavy atom. The molecule has 2 N–H and O–H groups in total. The van der Waals surface area contributed by atoms with Crippen LogP contribution in [-0.2, 0) is 0 Å². The first-order chi connectivity index (χ1) is 10.3. The topological polar surface area (TPSA) is 44.5 Å². The molecule has 3 rings (SSSR count). The van der Waals surface area contributed by atoms with Crippen molar-refractivity contribution >= 4 is 5.69 Å². The van der Waals surface area contributed by atoms with Crippen molar-refractivity contribution < 1.29 is 9.47 Å². The van der Waals surface area contributed by atoms with Gasteiger partial charge < -0.3 is 15.2 Å². The van der Waals surface area contributed by atoms with Crippen LogP contribution in [-0.4, -0.2) is 0 Å². The number of para-hydroxylation sites is 2. The third-order valence-electron chi connectivity index (χ3n) is 2.86. The molecule has 3 heteroatoms. The van der Waals surface area contributed by atoms with Crippen LogP contribution in [0.1, 0.15) is 0 Å². The summed E-state index contributed by atoms with van der Waals surface area (Å²) in [4.78, 5) is 0. The smallest absolute Gasteiger partial charge is 0.133 e. The van der Waals surface area contributed by atoms with Crippen molar-refractivity contribution in [2.75, 3.05) is 5.73 Å². The van der Waals surface area contributed by atoms with Crippen LogP contribution in [0.25, 0.3) is 0 Å². The van der Waals surface area contributed by atoms with E-state index in [9.17, 15) is 0 Å². The van der Waals surface area contributed by atoms with Crippen LogP contribution in [0.5, 0.6) is 23.0 Å². The fraction of sp³-hybridized carbons (Fsp3) is 0. The number of nitrogens with two attached hydrogens (primary N) is 1. The van der Waals surface area contributed by atoms with E-state index in [4.69, 9.17) is 15.2 Å². The third kappa shape index (κ3) is 3.54. The Morgan fingerprint density at radius 3 is 1.38 bits per heavy atom. The molecule has 21 heavy (non-hydrogen) atoms. The number of benzene rings is 3. The zero-order valence-corrected chi connectivity index (χ0v) is 11.4. The lowest BCUT2D eigenvalue weighted by atomic mass is 10.2. The maximum absolute atomic E-state index is 5.91. The van der Waals surface area contributed by atoms with Gasteiger partial charge in [0, 0.05) is 23.9 Å². The van der Waals surface area contributed by atoms with E-state index < -0.39 is 0 Å². The molecule has 0 saturated heterocycles. The van der Waals surface area contributed by atoms with Gasteiger partial charge in [0.1, 0.15) is 23.0 Å². The van der Waals surface area contributed by atoms with Crippen molar-refractivity contribution in [3.8, 4) is 23.0 Å². The number of nitrogen functional groups attached to an aromatic ring is 1. The van der Waals surface area contributed by atoms with Crippen molar-refractivity contribution in [2.45, 2.75) is 0 Å². The van der Waals surface area contributed by atoms with E-state index >= 15 is 0 Å². The molecule has 0 aliphatic carbocycles. The Balaban J connectivity index is 1.83. The van der Waals surface area contributed by atoms with E-state index in [1.165, 1.54) is 0 Å². The Kier molecular flexibility index (Phi) is 3.74. The number of ether oxygens (including phenoxy) is 2. The summed E-state index contributed by atoms with van der Waals surface area (Å²) >= 11 is 0. The zero-order chi connectivity index (χ0) is 14.5. The molecule has 0 amide bonds. The Hall–Kier alpha value is -2.94. The fourth-order valence-electron chi connectivity index (χ4n) is 1.96. The highest BCUT2D eigenvalue weighted by Crippen LogP contribution is 2.31. The van der Waals surface area contributed by atoms with Gasteiger partial charge in [-0.05, 0) is 24.3 Å². The highest BCUT2D eigenvalue weighted by atomic mass is 16.5. The van der Waals surface area contributed by atoms with E-state index in [0.29, 0.717) is 17.2 Å². The number of hydrogen-bond acceptors (Lipinski definition) is 3. The molecule has 0 fully saturated rings. The predicted molar refractivity (Wildman–Crippen MR) is 83.9 cm³/mol. The third-order valence-corrected chi connectivity index (χ3v) is 2.86. The summed E-state index contributed by atoms with van der Waals surface area (Å²) in [5, 5.41) is 0. The second kappa shape index (κ2) is 6.01. The van der Waals surface area contributed by atoms with Crippen molar-refractivity contribution in [1.29, 1.82) is 0 Å². The number of anilines is 1. The second-order valence-electron chi connectivity index (χ2n) is 4.57. The van der Waals surface area contributed by atoms with Gasteiger partial charge in [0.25, 0.3) is 0 Å². The van der Waals surface area contributed by atoms with Crippen LogP contribution in [0.3, 0.4) is 0 Å². The SMILES string of the molecule is Nc1cc(Oc2ccccc2)cc(Oc2ccccc2)c1. The largest absolute Gasteiger partial charge is 0.457 e. The first-order valence-corrected chi connectivity index (χ1v) is 6.66. The van der Waals surface area contributed by atoms with Gasteiger partial charge in [-0.2, -0.15) is 0 Å². The summed E-state index contributed by atoms with van der Waals surface area (Å²) in [7, 11) is 0. The van der Waals surface area contributed by atoms with Crippen molar-refractivity contribution in [2.24, 2.45) is 0 Å². The average Bonchev–Trinajstić information content (AvgIpc) is 2.48. The van der Waals surface area contributed by atoms with Crippen LogP contribution < -0.4 is 15.2 Å². The minimum absolute atomic E-state index is 0.592. The van der Waals surface area contributed by atoms with Gasteiger partial charge in [0.15, 0.2) is 0 Å². The van der Waals surface area contributed by atoms with Gasteiger partial charge >= 0.3 is 0 Å². The fourth-order valence-corrected chi connectivity index (χ4v) is 1.96. The molecule has 0 aliphatic rings. The molecule has 0 atom stereocenters. The zero-order valence-electron chi connectivity index (χ0n) is 11.4. The van der Waals surface area contributed by atoms with Gasteiger partial charge in [0.2, 0.25) is 0 Å². The van der Waals surface area contributed by atoms with E-state index in [2.05, 4.69) is 0 Å². The Morgan fingerprint density at radius 2 is 0.952 bits per heavy atom. The first kappa shape index (κ1) is 13.1. The lowest BCUT2D eigenvalue weighted by Gasteiger charge is -2.10. The van der Waals surface area contributed by atoms with Gasteiger partial charge in [-0.1, -0.05) is 36.4 Å². The van der Waals surface area contributed by atoms with Crippen LogP contribution in [0.4, 0.5) is 5.69 Å². The Bertz CT molecular complexity index is 652. The molecule has 0 bridgehead atoms. The Labute approximate surface area is 123 Å². The van der Waals surface area contributed by atoms with E-state index in [0.717, 1.165) is 11.5 Å². The van der Waals surface area contributed by atoms with E-state index in [1.54, 1.807) is 12.1 Å². The second-order valence-corrected chi connectivity index (χ2v) is 4.57. The molecule has 3 nitrogen and oxygen atoms in total. The lowest BCUT2D eigenvalue weighted by molar-refractivity contribution is 0.461. The first-order valence-electron chi connectivity index (χ1n) is 6.66. The molecule has 0 unspecified atom stereocenters. The highest BCUT2D eigenvalue weighted by molar-refractivity contribution is 5.52. The van der Waals surface area contributed by atoms with Crippen molar-refractivity contribution in [1.82, 2.24) is 0 Å².